The van der Waals surface area contributed by atoms with Gasteiger partial charge in [0.15, 0.2) is 0 Å². The molecule has 0 aliphatic heterocycles. The van der Waals surface area contributed by atoms with Crippen molar-refractivity contribution in [1.82, 2.24) is 4.98 Å². The SMILES string of the molecule is OCC1(c2cccnc2Br)CCC1. The number of aliphatic hydroxyl groups excluding tert-OH is 1. The second-order valence-corrected chi connectivity index (χ2v) is 4.38. The van der Waals surface area contributed by atoms with Crippen molar-refractivity contribution >= 4 is 15.9 Å². The summed E-state index contributed by atoms with van der Waals surface area (Å²) in [6.07, 6.45) is 5.13. The van der Waals surface area contributed by atoms with E-state index < -0.39 is 0 Å². The van der Waals surface area contributed by atoms with Gasteiger partial charge in [0.2, 0.25) is 0 Å². The van der Waals surface area contributed by atoms with Crippen LogP contribution in [0.5, 0.6) is 0 Å². The third kappa shape index (κ3) is 1.40. The van der Waals surface area contributed by atoms with E-state index >= 15 is 0 Å². The Morgan fingerprint density at radius 1 is 1.54 bits per heavy atom. The lowest BCUT2D eigenvalue weighted by molar-refractivity contribution is 0.119. The third-order valence-corrected chi connectivity index (χ3v) is 3.58. The maximum absolute atomic E-state index is 9.37. The Hall–Kier alpha value is -0.410. The lowest BCUT2D eigenvalue weighted by atomic mass is 9.65. The zero-order valence-corrected chi connectivity index (χ0v) is 8.92. The van der Waals surface area contributed by atoms with Crippen LogP contribution >= 0.6 is 15.9 Å². The van der Waals surface area contributed by atoms with Gasteiger partial charge in [-0.05, 0) is 40.4 Å². The number of hydrogen-bond acceptors (Lipinski definition) is 2. The summed E-state index contributed by atoms with van der Waals surface area (Å²) in [6.45, 7) is 0.233. The molecule has 0 saturated heterocycles. The van der Waals surface area contributed by atoms with Crippen LogP contribution in [-0.2, 0) is 5.41 Å². The van der Waals surface area contributed by atoms with Crippen molar-refractivity contribution in [3.63, 3.8) is 0 Å². The van der Waals surface area contributed by atoms with Crippen LogP contribution in [-0.4, -0.2) is 16.7 Å². The van der Waals surface area contributed by atoms with Crippen molar-refractivity contribution in [1.29, 1.82) is 0 Å². The number of halogens is 1. The molecule has 70 valence electrons. The summed E-state index contributed by atoms with van der Waals surface area (Å²) in [5.41, 5.74) is 1.15. The van der Waals surface area contributed by atoms with E-state index in [2.05, 4.69) is 20.9 Å². The molecule has 0 atom stereocenters. The van der Waals surface area contributed by atoms with E-state index in [1.807, 2.05) is 12.1 Å². The van der Waals surface area contributed by atoms with E-state index in [-0.39, 0.29) is 12.0 Å². The molecule has 0 spiro atoms. The van der Waals surface area contributed by atoms with Crippen LogP contribution in [0.15, 0.2) is 22.9 Å². The fraction of sp³-hybridized carbons (Fsp3) is 0.500. The highest BCUT2D eigenvalue weighted by Gasteiger charge is 2.39. The van der Waals surface area contributed by atoms with Gasteiger partial charge < -0.3 is 5.11 Å². The normalized spacial score (nSPS) is 19.5. The largest absolute Gasteiger partial charge is 0.395 e. The quantitative estimate of drug-likeness (QED) is 0.807. The number of aromatic nitrogens is 1. The highest BCUT2D eigenvalue weighted by molar-refractivity contribution is 9.10. The summed E-state index contributed by atoms with van der Waals surface area (Å²) in [4.78, 5) is 4.18. The standard InChI is InChI=1S/C10H12BrNO/c11-9-8(3-1-6-12-9)10(7-13)4-2-5-10/h1,3,6,13H,2,4-5,7H2. The van der Waals surface area contributed by atoms with Gasteiger partial charge in [-0.1, -0.05) is 12.5 Å². The zero-order chi connectivity index (χ0) is 9.31. The minimum absolute atomic E-state index is 0.00685. The van der Waals surface area contributed by atoms with Crippen LogP contribution in [0.2, 0.25) is 0 Å². The van der Waals surface area contributed by atoms with Crippen LogP contribution in [0.25, 0.3) is 0 Å². The molecule has 1 aliphatic rings. The lowest BCUT2D eigenvalue weighted by Crippen LogP contribution is -2.38. The molecule has 0 radical (unpaired) electrons. The zero-order valence-electron chi connectivity index (χ0n) is 7.33. The minimum Gasteiger partial charge on any atom is -0.395 e. The molecule has 1 saturated carbocycles. The number of rotatable bonds is 2. The second kappa shape index (κ2) is 3.39. The first kappa shape index (κ1) is 9.16. The molecule has 0 amide bonds. The molecule has 2 rings (SSSR count). The average Bonchev–Trinajstić information content (AvgIpc) is 2.07. The Morgan fingerprint density at radius 3 is 2.77 bits per heavy atom. The molecule has 1 aromatic heterocycles. The fourth-order valence-electron chi connectivity index (χ4n) is 1.90. The third-order valence-electron chi connectivity index (χ3n) is 2.94. The molecule has 13 heavy (non-hydrogen) atoms. The molecule has 3 heteroatoms. The molecule has 1 N–H and O–H groups in total. The number of hydrogen-bond donors (Lipinski definition) is 1. The van der Waals surface area contributed by atoms with E-state index in [1.165, 1.54) is 6.42 Å². The van der Waals surface area contributed by atoms with Crippen molar-refractivity contribution < 1.29 is 5.11 Å². The van der Waals surface area contributed by atoms with Gasteiger partial charge in [-0.25, -0.2) is 4.98 Å². The van der Waals surface area contributed by atoms with E-state index in [1.54, 1.807) is 6.20 Å². The summed E-state index contributed by atoms with van der Waals surface area (Å²) >= 11 is 3.43. The summed E-state index contributed by atoms with van der Waals surface area (Å²) in [6, 6.07) is 3.97. The van der Waals surface area contributed by atoms with Gasteiger partial charge in [-0.15, -0.1) is 0 Å². The van der Waals surface area contributed by atoms with E-state index in [0.29, 0.717) is 0 Å². The van der Waals surface area contributed by atoms with Crippen LogP contribution in [0, 0.1) is 0 Å². The van der Waals surface area contributed by atoms with Gasteiger partial charge in [0.1, 0.15) is 4.60 Å². The second-order valence-electron chi connectivity index (χ2n) is 3.63. The molecule has 1 heterocycles. The van der Waals surface area contributed by atoms with Crippen LogP contribution in [0.1, 0.15) is 24.8 Å². The Morgan fingerprint density at radius 2 is 2.31 bits per heavy atom. The van der Waals surface area contributed by atoms with Crippen molar-refractivity contribution in [2.75, 3.05) is 6.61 Å². The Labute approximate surface area is 86.1 Å². The summed E-state index contributed by atoms with van der Waals surface area (Å²) in [5.74, 6) is 0. The van der Waals surface area contributed by atoms with Crippen LogP contribution in [0.4, 0.5) is 0 Å². The Balaban J connectivity index is 2.38. The van der Waals surface area contributed by atoms with Crippen molar-refractivity contribution in [3.05, 3.63) is 28.5 Å². The Kier molecular flexibility index (Phi) is 2.39. The average molecular weight is 242 g/mol. The predicted molar refractivity (Wildman–Crippen MR) is 54.6 cm³/mol. The molecule has 0 unspecified atom stereocenters. The topological polar surface area (TPSA) is 33.1 Å². The molecular formula is C10H12BrNO. The van der Waals surface area contributed by atoms with Gasteiger partial charge >= 0.3 is 0 Å². The van der Waals surface area contributed by atoms with Gasteiger partial charge in [0, 0.05) is 11.6 Å². The van der Waals surface area contributed by atoms with Crippen LogP contribution in [0.3, 0.4) is 0 Å². The fourth-order valence-corrected chi connectivity index (χ4v) is 2.57. The first-order valence-electron chi connectivity index (χ1n) is 4.50. The van der Waals surface area contributed by atoms with Crippen LogP contribution < -0.4 is 0 Å². The molecule has 2 nitrogen and oxygen atoms in total. The van der Waals surface area contributed by atoms with E-state index in [4.69, 9.17) is 0 Å². The minimum atomic E-state index is -0.00685. The highest BCUT2D eigenvalue weighted by Crippen LogP contribution is 2.45. The lowest BCUT2D eigenvalue weighted by Gasteiger charge is -2.41. The molecule has 1 fully saturated rings. The van der Waals surface area contributed by atoms with Crippen molar-refractivity contribution in [2.24, 2.45) is 0 Å². The summed E-state index contributed by atoms with van der Waals surface area (Å²) in [7, 11) is 0. The maximum atomic E-state index is 9.37. The highest BCUT2D eigenvalue weighted by atomic mass is 79.9. The van der Waals surface area contributed by atoms with Crippen molar-refractivity contribution in [2.45, 2.75) is 24.7 Å². The van der Waals surface area contributed by atoms with E-state index in [9.17, 15) is 5.11 Å². The number of aliphatic hydroxyl groups is 1. The molecular weight excluding hydrogens is 230 g/mol. The monoisotopic (exact) mass is 241 g/mol. The first-order valence-corrected chi connectivity index (χ1v) is 5.30. The smallest absolute Gasteiger partial charge is 0.109 e. The summed E-state index contributed by atoms with van der Waals surface area (Å²) < 4.78 is 0.878. The predicted octanol–water partition coefficient (Wildman–Crippen LogP) is 2.26. The van der Waals surface area contributed by atoms with Crippen molar-refractivity contribution in [3.8, 4) is 0 Å². The van der Waals surface area contributed by atoms with E-state index in [0.717, 1.165) is 23.0 Å². The van der Waals surface area contributed by atoms with Gasteiger partial charge in [0.05, 0.1) is 6.61 Å². The first-order chi connectivity index (χ1) is 6.28. The summed E-state index contributed by atoms with van der Waals surface area (Å²) in [5, 5.41) is 9.37. The number of pyridine rings is 1. The van der Waals surface area contributed by atoms with Gasteiger partial charge in [-0.2, -0.15) is 0 Å². The number of nitrogens with zero attached hydrogens (tertiary/aromatic N) is 1. The van der Waals surface area contributed by atoms with Gasteiger partial charge in [0.25, 0.3) is 0 Å². The van der Waals surface area contributed by atoms with Gasteiger partial charge in [-0.3, -0.25) is 0 Å². The maximum Gasteiger partial charge on any atom is 0.109 e. The molecule has 1 aromatic rings. The molecule has 0 aromatic carbocycles. The Bertz CT molecular complexity index is 304. The molecule has 0 bridgehead atoms. The molecule has 1 aliphatic carbocycles.